The number of fused-ring (bicyclic) bond motifs is 1. The molecular formula is C11H18N2O2. The van der Waals surface area contributed by atoms with Gasteiger partial charge in [0.1, 0.15) is 5.82 Å². The van der Waals surface area contributed by atoms with Crippen LogP contribution >= 0.6 is 0 Å². The van der Waals surface area contributed by atoms with Crippen LogP contribution in [0, 0.1) is 5.92 Å². The normalized spacial score (nSPS) is 20.3. The Morgan fingerprint density at radius 3 is 3.27 bits per heavy atom. The van der Waals surface area contributed by atoms with Crippen molar-refractivity contribution in [2.75, 3.05) is 20.3 Å². The zero-order valence-electron chi connectivity index (χ0n) is 9.15. The third-order valence-electron chi connectivity index (χ3n) is 3.07. The van der Waals surface area contributed by atoms with Crippen molar-refractivity contribution in [3.8, 4) is 0 Å². The first-order valence-corrected chi connectivity index (χ1v) is 5.48. The number of aliphatic hydroxyl groups excluding tert-OH is 1. The van der Waals surface area contributed by atoms with E-state index in [0.717, 1.165) is 38.2 Å². The van der Waals surface area contributed by atoms with Gasteiger partial charge in [0.25, 0.3) is 0 Å². The van der Waals surface area contributed by atoms with Crippen LogP contribution in [0.5, 0.6) is 0 Å². The molecule has 1 aliphatic rings. The highest BCUT2D eigenvalue weighted by atomic mass is 16.5. The smallest absolute Gasteiger partial charge is 0.111 e. The Bertz CT molecular complexity index is 309. The molecular weight excluding hydrogens is 192 g/mol. The molecule has 0 saturated carbocycles. The topological polar surface area (TPSA) is 47.3 Å². The van der Waals surface area contributed by atoms with Gasteiger partial charge in [-0.3, -0.25) is 0 Å². The first-order valence-electron chi connectivity index (χ1n) is 5.48. The van der Waals surface area contributed by atoms with Crippen LogP contribution in [-0.2, 0) is 24.1 Å². The van der Waals surface area contributed by atoms with E-state index in [-0.39, 0.29) is 0 Å². The quantitative estimate of drug-likeness (QED) is 0.792. The molecule has 4 heteroatoms. The lowest BCUT2D eigenvalue weighted by atomic mass is 9.97. The van der Waals surface area contributed by atoms with Crippen LogP contribution < -0.4 is 0 Å². The average Bonchev–Trinajstić information content (AvgIpc) is 2.68. The first kappa shape index (κ1) is 10.6. The molecule has 1 aromatic rings. The fourth-order valence-corrected chi connectivity index (χ4v) is 2.15. The Kier molecular flexibility index (Phi) is 3.38. The van der Waals surface area contributed by atoms with Gasteiger partial charge in [0, 0.05) is 38.6 Å². The molecule has 1 aromatic heterocycles. The molecule has 0 radical (unpaired) electrons. The monoisotopic (exact) mass is 210 g/mol. The standard InChI is InChI=1S/C11H18N2O2/c1-15-5-3-11-12-7-10-6-9(8-14)2-4-13(10)11/h7,9,14H,2-6,8H2,1H3. The lowest BCUT2D eigenvalue weighted by Gasteiger charge is -2.23. The number of hydrogen-bond acceptors (Lipinski definition) is 3. The molecule has 1 N–H and O–H groups in total. The zero-order valence-corrected chi connectivity index (χ0v) is 9.15. The van der Waals surface area contributed by atoms with Crippen molar-refractivity contribution in [3.05, 3.63) is 17.7 Å². The van der Waals surface area contributed by atoms with Gasteiger partial charge in [0.15, 0.2) is 0 Å². The average molecular weight is 210 g/mol. The van der Waals surface area contributed by atoms with E-state index >= 15 is 0 Å². The number of nitrogens with zero attached hydrogens (tertiary/aromatic N) is 2. The summed E-state index contributed by atoms with van der Waals surface area (Å²) in [6, 6.07) is 0. The van der Waals surface area contributed by atoms with Gasteiger partial charge < -0.3 is 14.4 Å². The number of hydrogen-bond donors (Lipinski definition) is 1. The van der Waals surface area contributed by atoms with Gasteiger partial charge in [0.05, 0.1) is 6.61 Å². The molecule has 15 heavy (non-hydrogen) atoms. The lowest BCUT2D eigenvalue weighted by molar-refractivity contribution is 0.192. The highest BCUT2D eigenvalue weighted by Gasteiger charge is 2.20. The second kappa shape index (κ2) is 4.77. The number of rotatable bonds is 4. The largest absolute Gasteiger partial charge is 0.396 e. The van der Waals surface area contributed by atoms with Crippen LogP contribution in [0.4, 0.5) is 0 Å². The summed E-state index contributed by atoms with van der Waals surface area (Å²) in [5.41, 5.74) is 1.26. The van der Waals surface area contributed by atoms with E-state index in [2.05, 4.69) is 9.55 Å². The van der Waals surface area contributed by atoms with Gasteiger partial charge in [-0.05, 0) is 18.8 Å². The molecule has 0 spiro atoms. The summed E-state index contributed by atoms with van der Waals surface area (Å²) in [5.74, 6) is 1.53. The Labute approximate surface area is 89.9 Å². The van der Waals surface area contributed by atoms with Crippen molar-refractivity contribution in [2.45, 2.75) is 25.8 Å². The van der Waals surface area contributed by atoms with Crippen molar-refractivity contribution < 1.29 is 9.84 Å². The van der Waals surface area contributed by atoms with Crippen molar-refractivity contribution in [3.63, 3.8) is 0 Å². The van der Waals surface area contributed by atoms with Gasteiger partial charge >= 0.3 is 0 Å². The van der Waals surface area contributed by atoms with Crippen molar-refractivity contribution >= 4 is 0 Å². The summed E-state index contributed by atoms with van der Waals surface area (Å²) in [6.07, 6.45) is 4.82. The summed E-state index contributed by atoms with van der Waals surface area (Å²) in [7, 11) is 1.71. The second-order valence-corrected chi connectivity index (χ2v) is 4.10. The van der Waals surface area contributed by atoms with Crippen molar-refractivity contribution in [1.29, 1.82) is 0 Å². The predicted molar refractivity (Wildman–Crippen MR) is 56.7 cm³/mol. The summed E-state index contributed by atoms with van der Waals surface area (Å²) in [4.78, 5) is 4.41. The van der Waals surface area contributed by atoms with Crippen molar-refractivity contribution in [1.82, 2.24) is 9.55 Å². The van der Waals surface area contributed by atoms with Crippen molar-refractivity contribution in [2.24, 2.45) is 5.92 Å². The minimum atomic E-state index is 0.290. The molecule has 1 atom stereocenters. The first-order chi connectivity index (χ1) is 7.35. The van der Waals surface area contributed by atoms with E-state index in [1.807, 2.05) is 6.20 Å². The molecule has 0 saturated heterocycles. The third kappa shape index (κ3) is 2.21. The molecule has 4 nitrogen and oxygen atoms in total. The molecule has 0 amide bonds. The zero-order chi connectivity index (χ0) is 10.7. The number of methoxy groups -OCH3 is 1. The SMILES string of the molecule is COCCc1ncc2n1CCC(CO)C2. The summed E-state index contributed by atoms with van der Waals surface area (Å²) >= 11 is 0. The van der Waals surface area contributed by atoms with Crippen LogP contribution in [0.2, 0.25) is 0 Å². The Hall–Kier alpha value is -0.870. The van der Waals surface area contributed by atoms with Crippen LogP contribution in [0.25, 0.3) is 0 Å². The molecule has 2 heterocycles. The number of ether oxygens (including phenoxy) is 1. The minimum Gasteiger partial charge on any atom is -0.396 e. The molecule has 2 rings (SSSR count). The predicted octanol–water partition coefficient (Wildman–Crippen LogP) is 0.627. The highest BCUT2D eigenvalue weighted by Crippen LogP contribution is 2.21. The van der Waals surface area contributed by atoms with Crippen LogP contribution in [0.1, 0.15) is 17.9 Å². The van der Waals surface area contributed by atoms with Gasteiger partial charge in [-0.2, -0.15) is 0 Å². The minimum absolute atomic E-state index is 0.290. The summed E-state index contributed by atoms with van der Waals surface area (Å²) in [5, 5.41) is 9.12. The maximum Gasteiger partial charge on any atom is 0.111 e. The van der Waals surface area contributed by atoms with E-state index in [1.165, 1.54) is 5.69 Å². The van der Waals surface area contributed by atoms with Gasteiger partial charge in [0.2, 0.25) is 0 Å². The molecule has 1 unspecified atom stereocenters. The maximum absolute atomic E-state index is 9.12. The lowest BCUT2D eigenvalue weighted by Crippen LogP contribution is -2.22. The summed E-state index contributed by atoms with van der Waals surface area (Å²) in [6.45, 7) is 2.00. The number of aliphatic hydroxyl groups is 1. The van der Waals surface area contributed by atoms with E-state index in [9.17, 15) is 0 Å². The van der Waals surface area contributed by atoms with Crippen LogP contribution in [-0.4, -0.2) is 35.0 Å². The molecule has 84 valence electrons. The fourth-order valence-electron chi connectivity index (χ4n) is 2.15. The Morgan fingerprint density at radius 2 is 2.53 bits per heavy atom. The Morgan fingerprint density at radius 1 is 1.67 bits per heavy atom. The molecule has 1 aliphatic heterocycles. The fraction of sp³-hybridized carbons (Fsp3) is 0.727. The third-order valence-corrected chi connectivity index (χ3v) is 3.07. The van der Waals surface area contributed by atoms with E-state index in [4.69, 9.17) is 9.84 Å². The molecule has 0 fully saturated rings. The molecule has 0 bridgehead atoms. The maximum atomic E-state index is 9.12. The second-order valence-electron chi connectivity index (χ2n) is 4.10. The summed E-state index contributed by atoms with van der Waals surface area (Å²) < 4.78 is 7.32. The number of aromatic nitrogens is 2. The van der Waals surface area contributed by atoms with Gasteiger partial charge in [-0.15, -0.1) is 0 Å². The van der Waals surface area contributed by atoms with E-state index < -0.39 is 0 Å². The van der Waals surface area contributed by atoms with Crippen LogP contribution in [0.15, 0.2) is 6.20 Å². The highest BCUT2D eigenvalue weighted by molar-refractivity contribution is 5.09. The van der Waals surface area contributed by atoms with Gasteiger partial charge in [-0.25, -0.2) is 4.98 Å². The van der Waals surface area contributed by atoms with E-state index in [1.54, 1.807) is 7.11 Å². The van der Waals surface area contributed by atoms with Crippen LogP contribution in [0.3, 0.4) is 0 Å². The molecule has 0 aliphatic carbocycles. The molecule has 0 aromatic carbocycles. The number of imidazole rings is 1. The van der Waals surface area contributed by atoms with E-state index in [0.29, 0.717) is 12.5 Å². The van der Waals surface area contributed by atoms with Gasteiger partial charge in [-0.1, -0.05) is 0 Å². The Balaban J connectivity index is 2.08.